The fourth-order valence-electron chi connectivity index (χ4n) is 3.94. The molecule has 0 aliphatic heterocycles. The van der Waals surface area contributed by atoms with Crippen LogP contribution in [0.3, 0.4) is 0 Å². The lowest BCUT2D eigenvalue weighted by molar-refractivity contribution is 0.747. The van der Waals surface area contributed by atoms with Gasteiger partial charge >= 0.3 is 0 Å². The minimum atomic E-state index is -1.41. The van der Waals surface area contributed by atoms with Crippen molar-refractivity contribution < 1.29 is 0 Å². The summed E-state index contributed by atoms with van der Waals surface area (Å²) >= 11 is 7.19. The summed E-state index contributed by atoms with van der Waals surface area (Å²) in [4.78, 5) is 0. The number of hydrogen-bond donors (Lipinski definition) is 0. The maximum Gasteiger partial charge on any atom is 0.162 e. The predicted molar refractivity (Wildman–Crippen MR) is 71.1 cm³/mol. The van der Waals surface area contributed by atoms with E-state index in [0.29, 0.717) is 0 Å². The topological polar surface area (TPSA) is 0 Å². The van der Waals surface area contributed by atoms with Crippen LogP contribution in [-0.4, -0.2) is 7.38 Å². The van der Waals surface area contributed by atoms with Crippen molar-refractivity contribution in [1.82, 2.24) is 0 Å². The molecule has 0 aromatic rings. The van der Waals surface area contributed by atoms with Crippen LogP contribution in [0.5, 0.6) is 0 Å². The van der Waals surface area contributed by atoms with Crippen molar-refractivity contribution in [3.8, 4) is 0 Å². The molecule has 0 saturated heterocycles. The lowest BCUT2D eigenvalue weighted by Gasteiger charge is -2.36. The van der Waals surface area contributed by atoms with Gasteiger partial charge in [0.25, 0.3) is 0 Å². The molecule has 88 valence electrons. The van der Waals surface area contributed by atoms with Crippen molar-refractivity contribution >= 4 is 18.5 Å². The Labute approximate surface area is 100 Å². The van der Waals surface area contributed by atoms with Crippen molar-refractivity contribution in [2.45, 2.75) is 81.8 Å². The Kier molecular flexibility index (Phi) is 4.17. The highest BCUT2D eigenvalue weighted by molar-refractivity contribution is 7.22. The third kappa shape index (κ3) is 2.44. The minimum Gasteiger partial charge on any atom is -0.166 e. The predicted octanol–water partition coefficient (Wildman–Crippen LogP) is 5.47. The monoisotopic (exact) mass is 244 g/mol. The summed E-state index contributed by atoms with van der Waals surface area (Å²) in [7, 11) is -1.41. The van der Waals surface area contributed by atoms with Gasteiger partial charge in [-0.25, -0.2) is 0 Å². The summed E-state index contributed by atoms with van der Waals surface area (Å²) in [6, 6.07) is 1.39. The van der Waals surface area contributed by atoms with Gasteiger partial charge in [0.15, 0.2) is 7.38 Å². The van der Waals surface area contributed by atoms with Gasteiger partial charge in [-0.3, -0.25) is 0 Å². The summed E-state index contributed by atoms with van der Waals surface area (Å²) in [6.07, 6.45) is 13.0. The Hall–Kier alpha value is 0.507. The van der Waals surface area contributed by atoms with E-state index in [0.717, 1.165) is 11.1 Å². The molecule has 0 atom stereocenters. The molecule has 0 aromatic carbocycles. The highest BCUT2D eigenvalue weighted by Crippen LogP contribution is 2.54. The molecule has 2 fully saturated rings. The molecule has 0 unspecified atom stereocenters. The zero-order chi connectivity index (χ0) is 10.7. The number of halogens is 1. The van der Waals surface area contributed by atoms with E-state index in [2.05, 4.69) is 6.92 Å². The molecular weight excluding hydrogens is 220 g/mol. The second-order valence-electron chi connectivity index (χ2n) is 5.64. The first kappa shape index (κ1) is 12.0. The lowest BCUT2D eigenvalue weighted by Crippen LogP contribution is -2.37. The van der Waals surface area contributed by atoms with Crippen LogP contribution in [0.15, 0.2) is 0 Å². The Morgan fingerprint density at radius 3 is 1.67 bits per heavy atom. The zero-order valence-electron chi connectivity index (χ0n) is 10.1. The fourth-order valence-corrected chi connectivity index (χ4v) is 10.8. The smallest absolute Gasteiger partial charge is 0.162 e. The SMILES string of the molecule is CCC[Si](Cl)(C1CCCC1)C1CCCC1. The van der Waals surface area contributed by atoms with Crippen LogP contribution in [0.1, 0.15) is 64.7 Å². The molecule has 2 heteroatoms. The molecule has 15 heavy (non-hydrogen) atoms. The second kappa shape index (κ2) is 5.22. The first-order valence-corrected chi connectivity index (χ1v) is 10.3. The average molecular weight is 245 g/mol. The Morgan fingerprint density at radius 2 is 1.33 bits per heavy atom. The third-order valence-electron chi connectivity index (χ3n) is 4.70. The second-order valence-corrected chi connectivity index (χ2v) is 11.7. The molecule has 0 amide bonds. The van der Waals surface area contributed by atoms with E-state index in [9.17, 15) is 0 Å². The summed E-state index contributed by atoms with van der Waals surface area (Å²) < 4.78 is 0. The molecule has 0 heterocycles. The van der Waals surface area contributed by atoms with E-state index < -0.39 is 7.38 Å². The quantitative estimate of drug-likeness (QED) is 0.455. The van der Waals surface area contributed by atoms with Crippen LogP contribution in [0.4, 0.5) is 0 Å². The van der Waals surface area contributed by atoms with Gasteiger partial charge in [-0.15, -0.1) is 0 Å². The van der Waals surface area contributed by atoms with Crippen LogP contribution < -0.4 is 0 Å². The zero-order valence-corrected chi connectivity index (χ0v) is 11.9. The molecule has 0 spiro atoms. The summed E-state index contributed by atoms with van der Waals surface area (Å²) in [5.41, 5.74) is 1.95. The first-order chi connectivity index (χ1) is 7.27. The summed E-state index contributed by atoms with van der Waals surface area (Å²) in [5.74, 6) is 0. The molecule has 2 aliphatic carbocycles. The van der Waals surface area contributed by atoms with Gasteiger partial charge in [0.2, 0.25) is 0 Å². The molecule has 2 rings (SSSR count). The standard InChI is InChI=1S/C13H25ClSi/c1-2-11-15(14,12-7-3-4-8-12)13-9-5-6-10-13/h12-13H,2-11H2,1H3. The lowest BCUT2D eigenvalue weighted by atomic mass is 10.3. The van der Waals surface area contributed by atoms with E-state index in [4.69, 9.17) is 11.1 Å². The molecule has 0 nitrogen and oxygen atoms in total. The normalized spacial score (nSPS) is 25.2. The van der Waals surface area contributed by atoms with Crippen LogP contribution in [0.2, 0.25) is 17.1 Å². The highest BCUT2D eigenvalue weighted by Gasteiger charge is 2.47. The minimum absolute atomic E-state index is 0.974. The molecule has 0 N–H and O–H groups in total. The van der Waals surface area contributed by atoms with E-state index in [1.807, 2.05) is 0 Å². The summed E-state index contributed by atoms with van der Waals surface area (Å²) in [5, 5.41) is 0. The Morgan fingerprint density at radius 1 is 0.933 bits per heavy atom. The highest BCUT2D eigenvalue weighted by atomic mass is 35.6. The molecule has 2 saturated carbocycles. The Bertz CT molecular complexity index is 177. The van der Waals surface area contributed by atoms with Gasteiger partial charge in [-0.2, -0.15) is 11.1 Å². The molecule has 2 aliphatic rings. The Balaban J connectivity index is 2.06. The van der Waals surface area contributed by atoms with Gasteiger partial charge in [0, 0.05) is 0 Å². The van der Waals surface area contributed by atoms with Crippen LogP contribution >= 0.6 is 11.1 Å². The van der Waals surface area contributed by atoms with E-state index in [1.54, 1.807) is 0 Å². The van der Waals surface area contributed by atoms with Gasteiger partial charge in [-0.05, 0) is 17.1 Å². The molecule has 0 aromatic heterocycles. The van der Waals surface area contributed by atoms with Gasteiger partial charge in [0.1, 0.15) is 0 Å². The molecular formula is C13H25ClSi. The maximum atomic E-state index is 7.19. The largest absolute Gasteiger partial charge is 0.166 e. The van der Waals surface area contributed by atoms with Crippen molar-refractivity contribution in [3.63, 3.8) is 0 Å². The fraction of sp³-hybridized carbons (Fsp3) is 1.00. The van der Waals surface area contributed by atoms with Crippen LogP contribution in [0, 0.1) is 0 Å². The van der Waals surface area contributed by atoms with Gasteiger partial charge in [0.05, 0.1) is 0 Å². The molecule has 0 radical (unpaired) electrons. The van der Waals surface area contributed by atoms with Crippen molar-refractivity contribution in [2.75, 3.05) is 0 Å². The average Bonchev–Trinajstić information content (AvgIpc) is 2.92. The van der Waals surface area contributed by atoms with Crippen molar-refractivity contribution in [2.24, 2.45) is 0 Å². The van der Waals surface area contributed by atoms with Crippen LogP contribution in [-0.2, 0) is 0 Å². The number of hydrogen-bond acceptors (Lipinski definition) is 0. The third-order valence-corrected chi connectivity index (χ3v) is 12.3. The van der Waals surface area contributed by atoms with E-state index >= 15 is 0 Å². The van der Waals surface area contributed by atoms with Crippen molar-refractivity contribution in [3.05, 3.63) is 0 Å². The number of rotatable bonds is 4. The van der Waals surface area contributed by atoms with Crippen molar-refractivity contribution in [1.29, 1.82) is 0 Å². The van der Waals surface area contributed by atoms with Gasteiger partial charge in [-0.1, -0.05) is 64.7 Å². The maximum absolute atomic E-state index is 7.19. The van der Waals surface area contributed by atoms with Crippen LogP contribution in [0.25, 0.3) is 0 Å². The summed E-state index contributed by atoms with van der Waals surface area (Å²) in [6.45, 7) is 2.33. The van der Waals surface area contributed by atoms with Gasteiger partial charge < -0.3 is 0 Å². The van der Waals surface area contributed by atoms with E-state index in [1.165, 1.54) is 63.8 Å². The van der Waals surface area contributed by atoms with E-state index in [-0.39, 0.29) is 0 Å². The first-order valence-electron chi connectivity index (χ1n) is 6.96. The molecule has 0 bridgehead atoms.